The predicted molar refractivity (Wildman–Crippen MR) is 53.4 cm³/mol. The zero-order valence-corrected chi connectivity index (χ0v) is 10.2. The van der Waals surface area contributed by atoms with Crippen molar-refractivity contribution in [3.8, 4) is 0 Å². The number of hydroxylamine groups is 2. The van der Waals surface area contributed by atoms with Crippen LogP contribution >= 0.6 is 0 Å². The van der Waals surface area contributed by atoms with Crippen molar-refractivity contribution in [1.82, 2.24) is 5.06 Å². The molecule has 1 heterocycles. The molecule has 1 fully saturated rings. The van der Waals surface area contributed by atoms with Gasteiger partial charge in [-0.2, -0.15) is 0 Å². The van der Waals surface area contributed by atoms with Crippen LogP contribution in [0.2, 0.25) is 0 Å². The van der Waals surface area contributed by atoms with Gasteiger partial charge in [0.2, 0.25) is 0 Å². The predicted octanol–water partition coefficient (Wildman–Crippen LogP) is 1.08. The molecule has 0 aromatic heterocycles. The molecular formula is C9H16N2OSe. The van der Waals surface area contributed by atoms with Gasteiger partial charge in [-0.05, 0) is 0 Å². The average molecular weight is 247 g/mol. The van der Waals surface area contributed by atoms with Crippen LogP contribution in [0, 0.1) is 0 Å². The van der Waals surface area contributed by atoms with E-state index >= 15 is 0 Å². The minimum atomic E-state index is -0.305. The maximum absolute atomic E-state index is 9.92. The topological polar surface area (TPSA) is 35.8 Å². The van der Waals surface area contributed by atoms with E-state index in [-0.39, 0.29) is 17.1 Å². The SMILES string of the molecule is CC1(C)CC(N=C=[Se])C(C)(C)N1O. The van der Waals surface area contributed by atoms with Crippen molar-refractivity contribution in [2.45, 2.75) is 51.2 Å². The van der Waals surface area contributed by atoms with Gasteiger partial charge >= 0.3 is 86.8 Å². The molecule has 1 rings (SSSR count). The van der Waals surface area contributed by atoms with Gasteiger partial charge in [0.15, 0.2) is 0 Å². The molecule has 1 atom stereocenters. The molecule has 0 amide bonds. The third-order valence-electron chi connectivity index (χ3n) is 2.84. The summed E-state index contributed by atoms with van der Waals surface area (Å²) >= 11 is 2.63. The molecule has 0 saturated carbocycles. The van der Waals surface area contributed by atoms with E-state index in [0.717, 1.165) is 6.42 Å². The summed E-state index contributed by atoms with van der Waals surface area (Å²) < 4.78 is 2.69. The molecule has 0 aromatic carbocycles. The van der Waals surface area contributed by atoms with Crippen molar-refractivity contribution >= 4 is 20.3 Å². The summed E-state index contributed by atoms with van der Waals surface area (Å²) in [6.45, 7) is 8.02. The Kier molecular flexibility index (Phi) is 2.82. The molecule has 1 N–H and O–H groups in total. The second-order valence-electron chi connectivity index (χ2n) is 4.72. The van der Waals surface area contributed by atoms with Crippen LogP contribution in [0.5, 0.6) is 0 Å². The van der Waals surface area contributed by atoms with E-state index < -0.39 is 0 Å². The second kappa shape index (κ2) is 3.30. The summed E-state index contributed by atoms with van der Waals surface area (Å²) in [4.78, 5) is 4.22. The average Bonchev–Trinajstić information content (AvgIpc) is 2.14. The molecule has 0 aliphatic carbocycles. The van der Waals surface area contributed by atoms with E-state index in [1.807, 2.05) is 27.7 Å². The number of hydrogen-bond donors (Lipinski definition) is 1. The molecule has 1 unspecified atom stereocenters. The Balaban J connectivity index is 2.99. The van der Waals surface area contributed by atoms with E-state index in [1.165, 1.54) is 5.06 Å². The first kappa shape index (κ1) is 11.1. The van der Waals surface area contributed by atoms with Crippen molar-refractivity contribution in [3.05, 3.63) is 0 Å². The van der Waals surface area contributed by atoms with E-state index in [0.29, 0.717) is 0 Å². The molecule has 0 bridgehead atoms. The Morgan fingerprint density at radius 3 is 2.31 bits per heavy atom. The molecule has 4 heteroatoms. The number of hydrogen-bond acceptors (Lipinski definition) is 3. The fraction of sp³-hybridized carbons (Fsp3) is 0.889. The first-order valence-electron chi connectivity index (χ1n) is 4.38. The molecule has 0 aromatic rings. The standard InChI is InChI=1S/C9H16N2OSe/c1-8(2)5-7(10-6-13)9(3,4)11(8)12/h7,12H,5H2,1-4H3. The van der Waals surface area contributed by atoms with Crippen LogP contribution in [0.1, 0.15) is 34.1 Å². The van der Waals surface area contributed by atoms with Crippen LogP contribution in [-0.2, 0) is 0 Å². The first-order chi connectivity index (χ1) is 5.82. The quantitative estimate of drug-likeness (QED) is 0.556. The maximum atomic E-state index is 9.92. The van der Waals surface area contributed by atoms with Crippen molar-refractivity contribution < 1.29 is 5.21 Å². The number of aliphatic imine (C=N–C) groups is 1. The van der Waals surface area contributed by atoms with Gasteiger partial charge in [-0.25, -0.2) is 0 Å². The monoisotopic (exact) mass is 248 g/mol. The summed E-state index contributed by atoms with van der Waals surface area (Å²) in [5, 5.41) is 11.3. The Hall–Kier alpha value is 0.0195. The van der Waals surface area contributed by atoms with E-state index in [9.17, 15) is 5.21 Å². The van der Waals surface area contributed by atoms with E-state index in [2.05, 4.69) is 25.3 Å². The summed E-state index contributed by atoms with van der Waals surface area (Å²) in [7, 11) is 0. The minimum absolute atomic E-state index is 0.105. The van der Waals surface area contributed by atoms with Crippen LogP contribution in [0.3, 0.4) is 0 Å². The van der Waals surface area contributed by atoms with Crippen LogP contribution in [0.4, 0.5) is 0 Å². The Morgan fingerprint density at radius 2 is 2.00 bits per heavy atom. The van der Waals surface area contributed by atoms with E-state index in [4.69, 9.17) is 0 Å². The Morgan fingerprint density at radius 1 is 1.46 bits per heavy atom. The molecule has 0 spiro atoms. The molecule has 0 radical (unpaired) electrons. The van der Waals surface area contributed by atoms with Gasteiger partial charge in [-0.15, -0.1) is 0 Å². The van der Waals surface area contributed by atoms with Crippen molar-refractivity contribution in [2.24, 2.45) is 4.99 Å². The number of nitrogens with zero attached hydrogens (tertiary/aromatic N) is 2. The fourth-order valence-electron chi connectivity index (χ4n) is 2.00. The molecule has 13 heavy (non-hydrogen) atoms. The van der Waals surface area contributed by atoms with Gasteiger partial charge in [0.25, 0.3) is 0 Å². The summed E-state index contributed by atoms with van der Waals surface area (Å²) in [6, 6.07) is 0.105. The summed E-state index contributed by atoms with van der Waals surface area (Å²) in [5.74, 6) is 0. The molecular weight excluding hydrogens is 231 g/mol. The third kappa shape index (κ3) is 1.78. The number of rotatable bonds is 1. The van der Waals surface area contributed by atoms with Crippen LogP contribution < -0.4 is 0 Å². The van der Waals surface area contributed by atoms with Crippen molar-refractivity contribution in [2.75, 3.05) is 0 Å². The Labute approximate surface area is 87.2 Å². The van der Waals surface area contributed by atoms with Crippen LogP contribution in [0.25, 0.3) is 0 Å². The van der Waals surface area contributed by atoms with Gasteiger partial charge in [0.1, 0.15) is 0 Å². The normalized spacial score (nSPS) is 31.3. The molecule has 74 valence electrons. The fourth-order valence-corrected chi connectivity index (χ4v) is 2.26. The molecule has 1 aliphatic heterocycles. The second-order valence-corrected chi connectivity index (χ2v) is 5.10. The van der Waals surface area contributed by atoms with Crippen molar-refractivity contribution in [3.63, 3.8) is 0 Å². The molecule has 1 aliphatic rings. The van der Waals surface area contributed by atoms with Crippen LogP contribution in [0.15, 0.2) is 4.99 Å². The summed E-state index contributed by atoms with van der Waals surface area (Å²) in [6.07, 6.45) is 0.852. The van der Waals surface area contributed by atoms with Crippen molar-refractivity contribution in [1.29, 1.82) is 0 Å². The molecule has 1 saturated heterocycles. The first-order valence-corrected chi connectivity index (χ1v) is 5.24. The van der Waals surface area contributed by atoms with Gasteiger partial charge < -0.3 is 0 Å². The van der Waals surface area contributed by atoms with Gasteiger partial charge in [-0.3, -0.25) is 0 Å². The molecule has 3 nitrogen and oxygen atoms in total. The Bertz CT molecular complexity index is 256. The third-order valence-corrected chi connectivity index (χ3v) is 3.06. The van der Waals surface area contributed by atoms with Gasteiger partial charge in [0.05, 0.1) is 0 Å². The zero-order chi connectivity index (χ0) is 10.3. The van der Waals surface area contributed by atoms with Gasteiger partial charge in [-0.1, -0.05) is 0 Å². The van der Waals surface area contributed by atoms with Crippen LogP contribution in [-0.4, -0.2) is 47.7 Å². The van der Waals surface area contributed by atoms with Gasteiger partial charge in [0, 0.05) is 0 Å². The van der Waals surface area contributed by atoms with E-state index in [1.54, 1.807) is 0 Å². The summed E-state index contributed by atoms with van der Waals surface area (Å²) in [5.41, 5.74) is -0.505. The zero-order valence-electron chi connectivity index (χ0n) is 8.53.